The lowest BCUT2D eigenvalue weighted by Gasteiger charge is -2.27. The molecule has 2 nitrogen and oxygen atoms in total. The van der Waals surface area contributed by atoms with Crippen molar-refractivity contribution < 1.29 is 9.13 Å². The summed E-state index contributed by atoms with van der Waals surface area (Å²) in [4.78, 5) is 1.16. The van der Waals surface area contributed by atoms with Crippen LogP contribution in [-0.2, 0) is 4.74 Å². The van der Waals surface area contributed by atoms with Crippen LogP contribution in [0.5, 0.6) is 0 Å². The Morgan fingerprint density at radius 1 is 1.53 bits per heavy atom. The Labute approximate surface area is 106 Å². The van der Waals surface area contributed by atoms with Crippen molar-refractivity contribution in [3.8, 4) is 0 Å². The van der Waals surface area contributed by atoms with E-state index in [1.54, 1.807) is 17.8 Å². The summed E-state index contributed by atoms with van der Waals surface area (Å²) < 4.78 is 18.5. The molecule has 1 atom stereocenters. The molecule has 0 saturated carbocycles. The molecule has 1 heterocycles. The summed E-state index contributed by atoms with van der Waals surface area (Å²) in [6.45, 7) is 6.62. The van der Waals surface area contributed by atoms with Gasteiger partial charge >= 0.3 is 0 Å². The molecule has 0 amide bonds. The van der Waals surface area contributed by atoms with E-state index < -0.39 is 0 Å². The lowest BCUT2D eigenvalue weighted by atomic mass is 10.1. The van der Waals surface area contributed by atoms with E-state index in [4.69, 9.17) is 4.74 Å². The Morgan fingerprint density at radius 3 is 2.88 bits per heavy atom. The smallest absolute Gasteiger partial charge is 0.123 e. The van der Waals surface area contributed by atoms with Crippen molar-refractivity contribution in [3.63, 3.8) is 0 Å². The molecule has 1 saturated heterocycles. The molecule has 0 aromatic heterocycles. The molecule has 0 radical (unpaired) electrons. The predicted octanol–water partition coefficient (Wildman–Crippen LogP) is 2.99. The fraction of sp³-hybridized carbons (Fsp3) is 0.538. The summed E-state index contributed by atoms with van der Waals surface area (Å²) in [6.07, 6.45) is 0. The number of nitrogens with one attached hydrogen (secondary N) is 1. The maximum atomic E-state index is 13.3. The van der Waals surface area contributed by atoms with Crippen LogP contribution in [0.25, 0.3) is 0 Å². The molecular weight excluding hydrogens is 237 g/mol. The Kier molecular flexibility index (Phi) is 4.42. The van der Waals surface area contributed by atoms with Crippen LogP contribution in [0.3, 0.4) is 0 Å². The molecule has 1 aromatic rings. The summed E-state index contributed by atoms with van der Waals surface area (Å²) in [6, 6.07) is 5.22. The van der Waals surface area contributed by atoms with Gasteiger partial charge in [0.05, 0.1) is 18.5 Å². The molecule has 0 bridgehead atoms. The van der Waals surface area contributed by atoms with Crippen LogP contribution in [0.2, 0.25) is 0 Å². The van der Waals surface area contributed by atoms with Crippen LogP contribution in [0.4, 0.5) is 4.39 Å². The summed E-state index contributed by atoms with van der Waals surface area (Å²) in [5.41, 5.74) is 1.05. The van der Waals surface area contributed by atoms with E-state index in [-0.39, 0.29) is 11.9 Å². The first-order valence-corrected chi connectivity index (χ1v) is 6.86. The van der Waals surface area contributed by atoms with Gasteiger partial charge in [0.1, 0.15) is 5.82 Å². The van der Waals surface area contributed by atoms with Crippen molar-refractivity contribution in [3.05, 3.63) is 29.6 Å². The highest BCUT2D eigenvalue weighted by Crippen LogP contribution is 2.33. The average molecular weight is 255 g/mol. The first-order valence-electron chi connectivity index (χ1n) is 5.98. The first kappa shape index (κ1) is 12.9. The van der Waals surface area contributed by atoms with E-state index in [0.717, 1.165) is 30.2 Å². The van der Waals surface area contributed by atoms with Crippen LogP contribution in [0.1, 0.15) is 25.5 Å². The van der Waals surface area contributed by atoms with Gasteiger partial charge in [-0.1, -0.05) is 6.92 Å². The molecule has 1 fully saturated rings. The second-order valence-electron chi connectivity index (χ2n) is 4.24. The molecule has 0 spiro atoms. The summed E-state index contributed by atoms with van der Waals surface area (Å²) >= 11 is 1.79. The zero-order valence-electron chi connectivity index (χ0n) is 10.2. The van der Waals surface area contributed by atoms with E-state index >= 15 is 0 Å². The first-order chi connectivity index (χ1) is 8.20. The van der Waals surface area contributed by atoms with Crippen molar-refractivity contribution in [1.29, 1.82) is 0 Å². The van der Waals surface area contributed by atoms with Gasteiger partial charge in [0, 0.05) is 10.9 Å². The third-order valence-corrected chi connectivity index (χ3v) is 4.08. The Balaban J connectivity index is 2.16. The lowest BCUT2D eigenvalue weighted by molar-refractivity contribution is 0.0455. The highest BCUT2D eigenvalue weighted by atomic mass is 32.2. The van der Waals surface area contributed by atoms with E-state index in [1.165, 1.54) is 6.07 Å². The number of halogens is 1. The summed E-state index contributed by atoms with van der Waals surface area (Å²) in [7, 11) is 0. The monoisotopic (exact) mass is 255 g/mol. The predicted molar refractivity (Wildman–Crippen MR) is 69.0 cm³/mol. The zero-order valence-corrected chi connectivity index (χ0v) is 11.0. The fourth-order valence-electron chi connectivity index (χ4n) is 1.84. The van der Waals surface area contributed by atoms with Crippen LogP contribution >= 0.6 is 11.8 Å². The van der Waals surface area contributed by atoms with Gasteiger partial charge in [-0.25, -0.2) is 4.39 Å². The maximum absolute atomic E-state index is 13.3. The van der Waals surface area contributed by atoms with Crippen LogP contribution < -0.4 is 5.32 Å². The quantitative estimate of drug-likeness (QED) is 0.874. The molecule has 0 aliphatic carbocycles. The van der Waals surface area contributed by atoms with Gasteiger partial charge in [0.15, 0.2) is 0 Å². The Hall–Kier alpha value is -0.580. The standard InChI is InChI=1S/C13H18FNOS/c1-3-15-9(2)12-6-10(14)4-5-13(12)17-11-7-16-8-11/h4-6,9,11,15H,3,7-8H2,1-2H3. The topological polar surface area (TPSA) is 21.3 Å². The van der Waals surface area contributed by atoms with Gasteiger partial charge in [0.25, 0.3) is 0 Å². The zero-order chi connectivity index (χ0) is 12.3. The van der Waals surface area contributed by atoms with Crippen molar-refractivity contribution >= 4 is 11.8 Å². The van der Waals surface area contributed by atoms with Gasteiger partial charge in [-0.3, -0.25) is 0 Å². The van der Waals surface area contributed by atoms with E-state index in [9.17, 15) is 4.39 Å². The molecule has 1 aliphatic rings. The molecule has 4 heteroatoms. The minimum absolute atomic E-state index is 0.168. The Morgan fingerprint density at radius 2 is 2.29 bits per heavy atom. The van der Waals surface area contributed by atoms with Gasteiger partial charge < -0.3 is 10.1 Å². The fourth-order valence-corrected chi connectivity index (χ4v) is 3.05. The van der Waals surface area contributed by atoms with Gasteiger partial charge in [-0.2, -0.15) is 0 Å². The van der Waals surface area contributed by atoms with Crippen molar-refractivity contribution in [2.45, 2.75) is 30.0 Å². The minimum Gasteiger partial charge on any atom is -0.379 e. The number of ether oxygens (including phenoxy) is 1. The Bertz CT molecular complexity index is 382. The van der Waals surface area contributed by atoms with Crippen molar-refractivity contribution in [1.82, 2.24) is 5.32 Å². The normalized spacial score (nSPS) is 17.8. The van der Waals surface area contributed by atoms with E-state index in [2.05, 4.69) is 19.2 Å². The largest absolute Gasteiger partial charge is 0.379 e. The highest BCUT2D eigenvalue weighted by Gasteiger charge is 2.22. The highest BCUT2D eigenvalue weighted by molar-refractivity contribution is 8.00. The van der Waals surface area contributed by atoms with Crippen LogP contribution in [0, 0.1) is 5.82 Å². The number of hydrogen-bond donors (Lipinski definition) is 1. The molecule has 1 aromatic carbocycles. The average Bonchev–Trinajstić information content (AvgIpc) is 2.25. The maximum Gasteiger partial charge on any atom is 0.123 e. The molecular formula is C13H18FNOS. The number of thioether (sulfide) groups is 1. The van der Waals surface area contributed by atoms with Crippen molar-refractivity contribution in [2.24, 2.45) is 0 Å². The number of rotatable bonds is 5. The molecule has 1 N–H and O–H groups in total. The molecule has 1 unspecified atom stereocenters. The second kappa shape index (κ2) is 5.85. The molecule has 94 valence electrons. The summed E-state index contributed by atoms with van der Waals surface area (Å²) in [5, 5.41) is 3.85. The third kappa shape index (κ3) is 3.21. The molecule has 2 rings (SSSR count). The second-order valence-corrected chi connectivity index (χ2v) is 5.58. The SMILES string of the molecule is CCNC(C)c1cc(F)ccc1SC1COC1. The van der Waals surface area contributed by atoms with Gasteiger partial charge in [-0.05, 0) is 37.2 Å². The number of hydrogen-bond acceptors (Lipinski definition) is 3. The lowest BCUT2D eigenvalue weighted by Crippen LogP contribution is -2.30. The summed E-state index contributed by atoms with van der Waals surface area (Å²) in [5.74, 6) is -0.168. The van der Waals surface area contributed by atoms with E-state index in [1.807, 2.05) is 6.07 Å². The van der Waals surface area contributed by atoms with Gasteiger partial charge in [0.2, 0.25) is 0 Å². The van der Waals surface area contributed by atoms with Crippen LogP contribution in [0.15, 0.2) is 23.1 Å². The molecule has 17 heavy (non-hydrogen) atoms. The van der Waals surface area contributed by atoms with E-state index in [0.29, 0.717) is 5.25 Å². The number of benzene rings is 1. The van der Waals surface area contributed by atoms with Crippen LogP contribution in [-0.4, -0.2) is 25.0 Å². The van der Waals surface area contributed by atoms with Gasteiger partial charge in [-0.15, -0.1) is 11.8 Å². The molecule has 1 aliphatic heterocycles. The third-order valence-electron chi connectivity index (χ3n) is 2.85. The van der Waals surface area contributed by atoms with Crippen molar-refractivity contribution in [2.75, 3.05) is 19.8 Å². The minimum atomic E-state index is -0.168.